The molecule has 0 saturated carbocycles. The predicted molar refractivity (Wildman–Crippen MR) is 123 cm³/mol. The molecule has 0 unspecified atom stereocenters. The molecule has 0 bridgehead atoms. The maximum Gasteiger partial charge on any atom is 0.223 e. The second-order valence-electron chi connectivity index (χ2n) is 9.20. The minimum Gasteiger partial charge on any atom is -0.389 e. The average Bonchev–Trinajstić information content (AvgIpc) is 2.80. The topological polar surface area (TPSA) is 71.0 Å². The fourth-order valence-electron chi connectivity index (χ4n) is 4.84. The van der Waals surface area contributed by atoms with Crippen molar-refractivity contribution in [3.8, 4) is 0 Å². The molecule has 5 atom stereocenters. The van der Waals surface area contributed by atoms with Crippen LogP contribution in [0, 0.1) is 11.6 Å². The van der Waals surface area contributed by atoms with Gasteiger partial charge in [-0.15, -0.1) is 0 Å². The van der Waals surface area contributed by atoms with E-state index in [-0.39, 0.29) is 68.5 Å². The second-order valence-corrected chi connectivity index (χ2v) is 9.20. The lowest BCUT2D eigenvalue weighted by molar-refractivity contribution is -0.158. The van der Waals surface area contributed by atoms with Gasteiger partial charge in [0.25, 0.3) is 0 Å². The van der Waals surface area contributed by atoms with Gasteiger partial charge in [-0.25, -0.2) is 8.78 Å². The van der Waals surface area contributed by atoms with Gasteiger partial charge in [0.1, 0.15) is 11.6 Å². The maximum atomic E-state index is 14.3. The van der Waals surface area contributed by atoms with Gasteiger partial charge in [0.15, 0.2) is 0 Å². The van der Waals surface area contributed by atoms with E-state index in [0.717, 1.165) is 17.7 Å². The number of hydrogen-bond acceptors (Lipinski definition) is 5. The summed E-state index contributed by atoms with van der Waals surface area (Å²) in [6, 6.07) is 12.9. The first kappa shape index (κ1) is 24.7. The van der Waals surface area contributed by atoms with E-state index in [1.807, 2.05) is 42.2 Å². The van der Waals surface area contributed by atoms with Crippen LogP contribution in [0.2, 0.25) is 0 Å². The summed E-state index contributed by atoms with van der Waals surface area (Å²) < 4.78 is 39.9. The first-order valence-corrected chi connectivity index (χ1v) is 11.8. The van der Waals surface area contributed by atoms with Crippen molar-refractivity contribution in [2.45, 2.75) is 63.1 Å². The number of hydrogen-bond donors (Lipinski definition) is 2. The Morgan fingerprint density at radius 3 is 2.76 bits per heavy atom. The molecule has 2 aliphatic rings. The highest BCUT2D eigenvalue weighted by molar-refractivity contribution is 5.77. The summed E-state index contributed by atoms with van der Waals surface area (Å²) in [5.74, 6) is -1.06. The Morgan fingerprint density at radius 1 is 1.18 bits per heavy atom. The molecule has 4 rings (SSSR count). The SMILES string of the molecule is C[C@@H](NC(=O)C[C@H]1CC[C@@H]2[C@H](COC[C@@H](O)CN2Cc2cc(F)ccc2F)O1)c1ccccc1. The minimum absolute atomic E-state index is 0.0827. The first-order valence-electron chi connectivity index (χ1n) is 11.8. The number of aliphatic hydroxyl groups excluding tert-OH is 1. The molecular weight excluding hydrogens is 442 g/mol. The van der Waals surface area contributed by atoms with Crippen LogP contribution >= 0.6 is 0 Å². The summed E-state index contributed by atoms with van der Waals surface area (Å²) >= 11 is 0. The van der Waals surface area contributed by atoms with Crippen LogP contribution in [0.5, 0.6) is 0 Å². The molecule has 8 heteroatoms. The number of halogens is 2. The molecule has 0 aromatic heterocycles. The number of nitrogens with zero attached hydrogens (tertiary/aromatic N) is 1. The standard InChI is InChI=1S/C26H32F2N2O4/c1-17(18-5-3-2-4-6-18)29-26(32)12-22-8-10-24-25(34-22)16-33-15-21(31)14-30(24)13-19-11-20(27)7-9-23(19)28/h2-7,9,11,17,21-22,24-25,31H,8,10,12-16H2,1H3,(H,29,32)/t17-,21+,22-,24-,25+/m1/s1. The fourth-order valence-corrected chi connectivity index (χ4v) is 4.84. The summed E-state index contributed by atoms with van der Waals surface area (Å²) in [5.41, 5.74) is 1.27. The monoisotopic (exact) mass is 474 g/mol. The lowest BCUT2D eigenvalue weighted by atomic mass is 9.94. The highest BCUT2D eigenvalue weighted by Crippen LogP contribution is 2.29. The van der Waals surface area contributed by atoms with Gasteiger partial charge in [-0.3, -0.25) is 9.69 Å². The van der Waals surface area contributed by atoms with Crippen LogP contribution in [0.4, 0.5) is 8.78 Å². The van der Waals surface area contributed by atoms with Gasteiger partial charge < -0.3 is 19.9 Å². The third kappa shape index (κ3) is 6.39. The lowest BCUT2D eigenvalue weighted by Gasteiger charge is -2.44. The zero-order valence-corrected chi connectivity index (χ0v) is 19.3. The smallest absolute Gasteiger partial charge is 0.223 e. The summed E-state index contributed by atoms with van der Waals surface area (Å²) in [6.07, 6.45) is 0.255. The molecule has 0 radical (unpaired) electrons. The third-order valence-electron chi connectivity index (χ3n) is 6.56. The van der Waals surface area contributed by atoms with Crippen molar-refractivity contribution in [3.05, 3.63) is 71.3 Å². The van der Waals surface area contributed by atoms with Gasteiger partial charge in [-0.1, -0.05) is 30.3 Å². The summed E-state index contributed by atoms with van der Waals surface area (Å²) in [6.45, 7) is 2.77. The van der Waals surface area contributed by atoms with Gasteiger partial charge in [-0.05, 0) is 43.5 Å². The summed E-state index contributed by atoms with van der Waals surface area (Å²) in [4.78, 5) is 14.6. The van der Waals surface area contributed by atoms with Crippen LogP contribution in [0.25, 0.3) is 0 Å². The molecule has 2 aromatic rings. The van der Waals surface area contributed by atoms with E-state index in [9.17, 15) is 18.7 Å². The molecule has 184 valence electrons. The van der Waals surface area contributed by atoms with E-state index in [1.54, 1.807) is 0 Å². The molecule has 6 nitrogen and oxygen atoms in total. The number of carbonyl (C=O) groups is 1. The maximum absolute atomic E-state index is 14.3. The Bertz CT molecular complexity index is 961. The van der Waals surface area contributed by atoms with Crippen molar-refractivity contribution in [2.75, 3.05) is 19.8 Å². The molecule has 1 amide bonds. The van der Waals surface area contributed by atoms with E-state index < -0.39 is 17.7 Å². The quantitative estimate of drug-likeness (QED) is 0.672. The lowest BCUT2D eigenvalue weighted by Crippen LogP contribution is -2.55. The number of rotatable bonds is 6. The van der Waals surface area contributed by atoms with Crippen LogP contribution in [0.15, 0.2) is 48.5 Å². The van der Waals surface area contributed by atoms with Crippen molar-refractivity contribution in [1.82, 2.24) is 10.2 Å². The number of amides is 1. The molecule has 2 fully saturated rings. The molecule has 0 spiro atoms. The van der Waals surface area contributed by atoms with Gasteiger partial charge >= 0.3 is 0 Å². The fraction of sp³-hybridized carbons (Fsp3) is 0.500. The molecule has 2 aromatic carbocycles. The molecule has 2 heterocycles. The van der Waals surface area contributed by atoms with Crippen LogP contribution in [-0.2, 0) is 20.8 Å². The predicted octanol–water partition coefficient (Wildman–Crippen LogP) is 3.34. The van der Waals surface area contributed by atoms with Gasteiger partial charge in [-0.2, -0.15) is 0 Å². The Kier molecular flexibility index (Phi) is 8.26. The van der Waals surface area contributed by atoms with E-state index in [0.29, 0.717) is 12.8 Å². The molecule has 2 aliphatic heterocycles. The van der Waals surface area contributed by atoms with Crippen LogP contribution in [-0.4, -0.2) is 60.0 Å². The number of nitrogens with one attached hydrogen (secondary N) is 1. The van der Waals surface area contributed by atoms with E-state index in [4.69, 9.17) is 9.47 Å². The van der Waals surface area contributed by atoms with E-state index in [1.165, 1.54) is 6.07 Å². The Labute approximate surface area is 198 Å². The number of ether oxygens (including phenoxy) is 2. The zero-order chi connectivity index (χ0) is 24.1. The van der Waals surface area contributed by atoms with Crippen LogP contribution in [0.3, 0.4) is 0 Å². The zero-order valence-electron chi connectivity index (χ0n) is 19.3. The van der Waals surface area contributed by atoms with Crippen LogP contribution < -0.4 is 5.32 Å². The molecule has 0 aliphatic carbocycles. The van der Waals surface area contributed by atoms with Crippen molar-refractivity contribution in [2.24, 2.45) is 0 Å². The van der Waals surface area contributed by atoms with Gasteiger partial charge in [0.2, 0.25) is 5.91 Å². The van der Waals surface area contributed by atoms with Crippen molar-refractivity contribution in [1.29, 1.82) is 0 Å². The summed E-state index contributed by atoms with van der Waals surface area (Å²) in [5, 5.41) is 13.3. The minimum atomic E-state index is -0.736. The Balaban J connectivity index is 1.39. The molecular formula is C26H32F2N2O4. The van der Waals surface area contributed by atoms with E-state index >= 15 is 0 Å². The number of β-amino-alcohol motifs (C(OH)–C–C–N with tert-alkyl or cyclic N) is 1. The number of fused-ring (bicyclic) bond motifs is 1. The second kappa shape index (κ2) is 11.4. The van der Waals surface area contributed by atoms with Gasteiger partial charge in [0.05, 0.1) is 44.0 Å². The molecule has 2 saturated heterocycles. The van der Waals surface area contributed by atoms with Crippen molar-refractivity contribution < 1.29 is 28.2 Å². The number of benzene rings is 2. The third-order valence-corrected chi connectivity index (χ3v) is 6.56. The van der Waals surface area contributed by atoms with Crippen LogP contribution in [0.1, 0.15) is 43.4 Å². The Hall–Kier alpha value is -2.39. The molecule has 34 heavy (non-hydrogen) atoms. The number of aliphatic hydroxyl groups is 1. The molecule has 2 N–H and O–H groups in total. The summed E-state index contributed by atoms with van der Waals surface area (Å²) in [7, 11) is 0. The highest BCUT2D eigenvalue weighted by Gasteiger charge is 2.38. The Morgan fingerprint density at radius 2 is 1.97 bits per heavy atom. The first-order chi connectivity index (χ1) is 16.4. The average molecular weight is 475 g/mol. The van der Waals surface area contributed by atoms with Crippen molar-refractivity contribution >= 4 is 5.91 Å². The number of carbonyl (C=O) groups excluding carboxylic acids is 1. The highest BCUT2D eigenvalue weighted by atomic mass is 19.1. The van der Waals surface area contributed by atoms with E-state index in [2.05, 4.69) is 5.32 Å². The largest absolute Gasteiger partial charge is 0.389 e. The normalized spacial score (nSPS) is 26.7. The van der Waals surface area contributed by atoms with Crippen molar-refractivity contribution in [3.63, 3.8) is 0 Å². The van der Waals surface area contributed by atoms with Gasteiger partial charge in [0, 0.05) is 24.7 Å².